The Morgan fingerprint density at radius 1 is 1.22 bits per heavy atom. The van der Waals surface area contributed by atoms with Crippen LogP contribution < -0.4 is 0 Å². The van der Waals surface area contributed by atoms with Crippen LogP contribution in [0.1, 0.15) is 11.1 Å². The van der Waals surface area contributed by atoms with E-state index in [2.05, 4.69) is 14.8 Å². The van der Waals surface area contributed by atoms with E-state index >= 15 is 0 Å². The van der Waals surface area contributed by atoms with Gasteiger partial charge in [0, 0.05) is 32.7 Å². The number of hydrogen-bond donors (Lipinski definition) is 1. The molecule has 122 valence electrons. The summed E-state index contributed by atoms with van der Waals surface area (Å²) in [6.45, 7) is 6.43. The van der Waals surface area contributed by atoms with Gasteiger partial charge in [0.2, 0.25) is 0 Å². The second kappa shape index (κ2) is 7.29. The number of benzene rings is 1. The Kier molecular flexibility index (Phi) is 5.15. The molecule has 1 aromatic rings. The highest BCUT2D eigenvalue weighted by atomic mass is 32.2. The van der Waals surface area contributed by atoms with E-state index in [1.54, 1.807) is 0 Å². The van der Waals surface area contributed by atoms with Gasteiger partial charge in [-0.2, -0.15) is 4.99 Å². The standard InChI is InChI=1S/C17H21N3O2S/c1-13-2-4-14(5-3-13)12-15-16(22)18-17(23-15)20-8-6-19(7-9-20)10-11-21/h2-5,12,21H,6-11H2,1H3/b15-12+. The van der Waals surface area contributed by atoms with Crippen LogP contribution in [0.25, 0.3) is 6.08 Å². The number of piperazine rings is 1. The summed E-state index contributed by atoms with van der Waals surface area (Å²) in [5, 5.41) is 9.79. The average Bonchev–Trinajstić information content (AvgIpc) is 2.92. The Morgan fingerprint density at radius 3 is 2.57 bits per heavy atom. The second-order valence-corrected chi connectivity index (χ2v) is 6.78. The fourth-order valence-electron chi connectivity index (χ4n) is 2.65. The molecule has 2 aliphatic rings. The van der Waals surface area contributed by atoms with Gasteiger partial charge in [-0.05, 0) is 30.3 Å². The highest BCUT2D eigenvalue weighted by Gasteiger charge is 2.28. The van der Waals surface area contributed by atoms with Gasteiger partial charge in [0.05, 0.1) is 11.5 Å². The number of aryl methyl sites for hydroxylation is 1. The zero-order chi connectivity index (χ0) is 16.2. The molecule has 0 spiro atoms. The molecule has 1 saturated heterocycles. The van der Waals surface area contributed by atoms with E-state index in [9.17, 15) is 4.79 Å². The van der Waals surface area contributed by atoms with Crippen molar-refractivity contribution in [2.24, 2.45) is 4.99 Å². The van der Waals surface area contributed by atoms with Crippen molar-refractivity contribution in [2.75, 3.05) is 39.3 Å². The van der Waals surface area contributed by atoms with Gasteiger partial charge in [0.1, 0.15) is 0 Å². The van der Waals surface area contributed by atoms with Gasteiger partial charge in [-0.1, -0.05) is 29.8 Å². The number of aliphatic hydroxyl groups excluding tert-OH is 1. The lowest BCUT2D eigenvalue weighted by Crippen LogP contribution is -2.48. The smallest absolute Gasteiger partial charge is 0.286 e. The van der Waals surface area contributed by atoms with Crippen molar-refractivity contribution in [2.45, 2.75) is 6.92 Å². The molecule has 0 aromatic heterocycles. The largest absolute Gasteiger partial charge is 0.395 e. The van der Waals surface area contributed by atoms with Crippen LogP contribution in [0.3, 0.4) is 0 Å². The predicted octanol–water partition coefficient (Wildman–Crippen LogP) is 1.58. The van der Waals surface area contributed by atoms with Gasteiger partial charge in [-0.3, -0.25) is 9.69 Å². The summed E-state index contributed by atoms with van der Waals surface area (Å²) in [5.74, 6) is -0.150. The molecule has 2 heterocycles. The van der Waals surface area contributed by atoms with E-state index in [1.807, 2.05) is 37.3 Å². The van der Waals surface area contributed by atoms with Gasteiger partial charge in [0.25, 0.3) is 5.91 Å². The van der Waals surface area contributed by atoms with Crippen molar-refractivity contribution in [3.05, 3.63) is 40.3 Å². The molecule has 0 radical (unpaired) electrons. The molecule has 0 aliphatic carbocycles. The third kappa shape index (κ3) is 4.02. The van der Waals surface area contributed by atoms with Crippen LogP contribution in [0.4, 0.5) is 0 Å². The lowest BCUT2D eigenvalue weighted by Gasteiger charge is -2.34. The number of amides is 1. The Hall–Kier alpha value is -1.63. The fourth-order valence-corrected chi connectivity index (χ4v) is 3.62. The SMILES string of the molecule is Cc1ccc(/C=C2/SC(N3CCN(CCO)CC3)=NC2=O)cc1. The molecule has 1 aromatic carbocycles. The van der Waals surface area contributed by atoms with Gasteiger partial charge >= 0.3 is 0 Å². The van der Waals surface area contributed by atoms with Crippen molar-refractivity contribution in [3.8, 4) is 0 Å². The third-order valence-corrected chi connectivity index (χ3v) is 5.09. The summed E-state index contributed by atoms with van der Waals surface area (Å²) in [6, 6.07) is 8.11. The minimum Gasteiger partial charge on any atom is -0.395 e. The van der Waals surface area contributed by atoms with Crippen molar-refractivity contribution in [3.63, 3.8) is 0 Å². The number of aliphatic imine (C=N–C) groups is 1. The van der Waals surface area contributed by atoms with Gasteiger partial charge in [0.15, 0.2) is 5.17 Å². The number of carbonyl (C=O) groups is 1. The summed E-state index contributed by atoms with van der Waals surface area (Å²) in [5.41, 5.74) is 2.23. The minimum absolute atomic E-state index is 0.150. The number of rotatable bonds is 3. The van der Waals surface area contributed by atoms with E-state index in [0.29, 0.717) is 11.4 Å². The summed E-state index contributed by atoms with van der Waals surface area (Å²) in [7, 11) is 0. The zero-order valence-electron chi connectivity index (χ0n) is 13.2. The molecule has 3 rings (SSSR count). The highest BCUT2D eigenvalue weighted by Crippen LogP contribution is 2.30. The Balaban J connectivity index is 1.63. The predicted molar refractivity (Wildman–Crippen MR) is 94.3 cm³/mol. The summed E-state index contributed by atoms with van der Waals surface area (Å²) >= 11 is 1.46. The first-order valence-corrected chi connectivity index (χ1v) is 8.65. The fraction of sp³-hybridized carbons (Fsp3) is 0.412. The number of nitrogens with zero attached hydrogens (tertiary/aromatic N) is 3. The lowest BCUT2D eigenvalue weighted by molar-refractivity contribution is -0.113. The van der Waals surface area contributed by atoms with Gasteiger partial charge in [-0.15, -0.1) is 0 Å². The van der Waals surface area contributed by atoms with Crippen LogP contribution in [-0.2, 0) is 4.79 Å². The molecule has 1 amide bonds. The molecule has 0 unspecified atom stereocenters. The maximum Gasteiger partial charge on any atom is 0.286 e. The van der Waals surface area contributed by atoms with Crippen LogP contribution >= 0.6 is 11.8 Å². The van der Waals surface area contributed by atoms with Crippen molar-refractivity contribution < 1.29 is 9.90 Å². The van der Waals surface area contributed by atoms with Crippen molar-refractivity contribution >= 4 is 28.9 Å². The minimum atomic E-state index is -0.150. The molecule has 0 atom stereocenters. The molecule has 6 heteroatoms. The van der Waals surface area contributed by atoms with E-state index in [4.69, 9.17) is 5.11 Å². The molecule has 5 nitrogen and oxygen atoms in total. The number of carbonyl (C=O) groups excluding carboxylic acids is 1. The summed E-state index contributed by atoms with van der Waals surface area (Å²) in [6.07, 6.45) is 1.91. The molecular formula is C17H21N3O2S. The van der Waals surface area contributed by atoms with E-state index in [1.165, 1.54) is 17.3 Å². The number of amidine groups is 1. The Labute approximate surface area is 140 Å². The molecule has 23 heavy (non-hydrogen) atoms. The van der Waals surface area contributed by atoms with Crippen LogP contribution in [0.15, 0.2) is 34.2 Å². The van der Waals surface area contributed by atoms with E-state index in [0.717, 1.165) is 36.9 Å². The summed E-state index contributed by atoms with van der Waals surface area (Å²) in [4.78, 5) is 21.4. The van der Waals surface area contributed by atoms with Crippen molar-refractivity contribution in [1.82, 2.24) is 9.80 Å². The van der Waals surface area contributed by atoms with Crippen LogP contribution in [0.5, 0.6) is 0 Å². The van der Waals surface area contributed by atoms with E-state index < -0.39 is 0 Å². The first kappa shape index (κ1) is 16.2. The molecule has 1 fully saturated rings. The first-order valence-electron chi connectivity index (χ1n) is 7.83. The summed E-state index contributed by atoms with van der Waals surface area (Å²) < 4.78 is 0. The monoisotopic (exact) mass is 331 g/mol. The van der Waals surface area contributed by atoms with Crippen LogP contribution in [0.2, 0.25) is 0 Å². The second-order valence-electron chi connectivity index (χ2n) is 5.77. The van der Waals surface area contributed by atoms with Crippen molar-refractivity contribution in [1.29, 1.82) is 0 Å². The normalized spacial score (nSPS) is 21.1. The van der Waals surface area contributed by atoms with Crippen LogP contribution in [-0.4, -0.2) is 65.3 Å². The van der Waals surface area contributed by atoms with Crippen LogP contribution in [0, 0.1) is 6.92 Å². The number of β-amino-alcohol motifs (C(OH)–C–C–N with tert-alkyl or cyclic N) is 1. The van der Waals surface area contributed by atoms with E-state index in [-0.39, 0.29) is 12.5 Å². The number of aliphatic hydroxyl groups is 1. The zero-order valence-corrected chi connectivity index (χ0v) is 14.1. The number of hydrogen-bond acceptors (Lipinski definition) is 5. The maximum atomic E-state index is 12.1. The van der Waals surface area contributed by atoms with Gasteiger partial charge < -0.3 is 10.0 Å². The molecule has 2 aliphatic heterocycles. The quantitative estimate of drug-likeness (QED) is 0.852. The third-order valence-electron chi connectivity index (χ3n) is 4.04. The maximum absolute atomic E-state index is 12.1. The highest BCUT2D eigenvalue weighted by molar-refractivity contribution is 8.18. The molecule has 1 N–H and O–H groups in total. The topological polar surface area (TPSA) is 56.1 Å². The Morgan fingerprint density at radius 2 is 1.91 bits per heavy atom. The lowest BCUT2D eigenvalue weighted by atomic mass is 10.1. The number of thioether (sulfide) groups is 1. The van der Waals surface area contributed by atoms with Gasteiger partial charge in [-0.25, -0.2) is 0 Å². The molecular weight excluding hydrogens is 310 g/mol. The molecule has 0 saturated carbocycles. The first-order chi connectivity index (χ1) is 11.2. The Bertz CT molecular complexity index is 632. The average molecular weight is 331 g/mol. The molecule has 0 bridgehead atoms.